The average molecular weight is 297 g/mol. The number of unbranched alkanes of at least 4 members (excludes halogenated alkanes) is 1. The fourth-order valence-electron chi connectivity index (χ4n) is 2.39. The molecule has 6 heteroatoms. The summed E-state index contributed by atoms with van der Waals surface area (Å²) in [7, 11) is 0. The zero-order valence-corrected chi connectivity index (χ0v) is 12.6. The zero-order valence-electron chi connectivity index (χ0n) is 11.8. The van der Waals surface area contributed by atoms with E-state index in [0.717, 1.165) is 32.5 Å². The maximum absolute atomic E-state index is 12.0. The summed E-state index contributed by atoms with van der Waals surface area (Å²) in [5.41, 5.74) is 0.283. The molecule has 0 bridgehead atoms. The van der Waals surface area contributed by atoms with Gasteiger partial charge in [-0.2, -0.15) is 0 Å². The Labute approximate surface area is 124 Å². The first kappa shape index (κ1) is 15.2. The number of nitrogens with zero attached hydrogens (tertiary/aromatic N) is 3. The van der Waals surface area contributed by atoms with Crippen LogP contribution in [0, 0.1) is 0 Å². The van der Waals surface area contributed by atoms with E-state index in [2.05, 4.69) is 27.1 Å². The number of piperidine rings is 1. The van der Waals surface area contributed by atoms with Gasteiger partial charge in [0.25, 0.3) is 5.91 Å². The second-order valence-corrected chi connectivity index (χ2v) is 5.56. The van der Waals surface area contributed by atoms with Crippen LogP contribution in [-0.4, -0.2) is 46.5 Å². The van der Waals surface area contributed by atoms with E-state index in [1.54, 1.807) is 0 Å². The number of rotatable bonds is 5. The van der Waals surface area contributed by atoms with Crippen molar-refractivity contribution in [3.63, 3.8) is 0 Å². The summed E-state index contributed by atoms with van der Waals surface area (Å²) in [6.45, 7) is 5.47. The molecule has 0 aromatic carbocycles. The van der Waals surface area contributed by atoms with Gasteiger partial charge < -0.3 is 10.2 Å². The lowest BCUT2D eigenvalue weighted by molar-refractivity contribution is 0.0905. The topological polar surface area (TPSA) is 58.1 Å². The molecule has 0 unspecified atom stereocenters. The largest absolute Gasteiger partial charge is 0.348 e. The summed E-state index contributed by atoms with van der Waals surface area (Å²) < 4.78 is 0. The molecule has 1 saturated heterocycles. The minimum atomic E-state index is -0.188. The van der Waals surface area contributed by atoms with Gasteiger partial charge in [-0.05, 0) is 25.8 Å². The lowest BCUT2D eigenvalue weighted by Crippen LogP contribution is -2.45. The van der Waals surface area contributed by atoms with Crippen molar-refractivity contribution >= 4 is 17.5 Å². The van der Waals surface area contributed by atoms with Gasteiger partial charge in [-0.25, -0.2) is 4.98 Å². The van der Waals surface area contributed by atoms with Crippen molar-refractivity contribution < 1.29 is 4.79 Å². The highest BCUT2D eigenvalue weighted by atomic mass is 35.5. The van der Waals surface area contributed by atoms with E-state index in [1.165, 1.54) is 25.2 Å². The van der Waals surface area contributed by atoms with E-state index < -0.39 is 0 Å². The fourth-order valence-corrected chi connectivity index (χ4v) is 2.54. The second-order valence-electron chi connectivity index (χ2n) is 5.17. The van der Waals surface area contributed by atoms with Crippen molar-refractivity contribution in [1.29, 1.82) is 0 Å². The minimum absolute atomic E-state index is 0.188. The molecule has 1 aliphatic heterocycles. The number of aromatic nitrogens is 2. The molecule has 1 N–H and O–H groups in total. The summed E-state index contributed by atoms with van der Waals surface area (Å²) in [5, 5.41) is 3.25. The van der Waals surface area contributed by atoms with Crippen LogP contribution in [0.2, 0.25) is 5.15 Å². The lowest BCUT2D eigenvalue weighted by atomic mass is 10.0. The molecule has 0 radical (unpaired) electrons. The van der Waals surface area contributed by atoms with Crippen molar-refractivity contribution in [3.05, 3.63) is 23.2 Å². The Bertz CT molecular complexity index is 447. The van der Waals surface area contributed by atoms with E-state index in [-0.39, 0.29) is 22.8 Å². The van der Waals surface area contributed by atoms with Gasteiger partial charge in [-0.1, -0.05) is 24.9 Å². The maximum atomic E-state index is 12.0. The standard InChI is InChI=1S/C14H21ClN4O/c1-2-3-6-19-7-4-11(5-8-19)17-14(20)12-9-16-10-13(15)18-12/h9-11H,2-8H2,1H3,(H,17,20). The van der Waals surface area contributed by atoms with Crippen LogP contribution < -0.4 is 5.32 Å². The maximum Gasteiger partial charge on any atom is 0.271 e. The molecule has 1 aliphatic rings. The molecular formula is C14H21ClN4O. The first-order valence-electron chi connectivity index (χ1n) is 7.20. The van der Waals surface area contributed by atoms with Crippen molar-refractivity contribution in [1.82, 2.24) is 20.2 Å². The van der Waals surface area contributed by atoms with Crippen LogP contribution >= 0.6 is 11.6 Å². The second kappa shape index (κ2) is 7.55. The third-order valence-corrected chi connectivity index (χ3v) is 3.77. The smallest absolute Gasteiger partial charge is 0.271 e. The summed E-state index contributed by atoms with van der Waals surface area (Å²) >= 11 is 5.74. The highest BCUT2D eigenvalue weighted by Gasteiger charge is 2.21. The predicted molar refractivity (Wildman–Crippen MR) is 78.9 cm³/mol. The molecular weight excluding hydrogens is 276 g/mol. The van der Waals surface area contributed by atoms with Crippen LogP contribution in [-0.2, 0) is 0 Å². The minimum Gasteiger partial charge on any atom is -0.348 e. The molecule has 1 aromatic heterocycles. The highest BCUT2D eigenvalue weighted by molar-refractivity contribution is 6.29. The first-order chi connectivity index (χ1) is 9.69. The van der Waals surface area contributed by atoms with Gasteiger partial charge in [-0.3, -0.25) is 9.78 Å². The van der Waals surface area contributed by atoms with Crippen LogP contribution in [0.15, 0.2) is 12.4 Å². The molecule has 5 nitrogen and oxygen atoms in total. The third-order valence-electron chi connectivity index (χ3n) is 3.59. The first-order valence-corrected chi connectivity index (χ1v) is 7.57. The number of amides is 1. The Morgan fingerprint density at radius 2 is 2.20 bits per heavy atom. The van der Waals surface area contributed by atoms with Gasteiger partial charge in [0.2, 0.25) is 0 Å². The number of carbonyl (C=O) groups excluding carboxylic acids is 1. The highest BCUT2D eigenvalue weighted by Crippen LogP contribution is 2.12. The summed E-state index contributed by atoms with van der Waals surface area (Å²) in [5.74, 6) is -0.188. The predicted octanol–water partition coefficient (Wildman–Crippen LogP) is 2.12. The van der Waals surface area contributed by atoms with Gasteiger partial charge in [0.15, 0.2) is 0 Å². The number of carbonyl (C=O) groups is 1. The molecule has 20 heavy (non-hydrogen) atoms. The van der Waals surface area contributed by atoms with E-state index in [4.69, 9.17) is 11.6 Å². The molecule has 0 saturated carbocycles. The van der Waals surface area contributed by atoms with Crippen LogP contribution in [0.4, 0.5) is 0 Å². The van der Waals surface area contributed by atoms with Crippen molar-refractivity contribution in [2.45, 2.75) is 38.6 Å². The normalized spacial score (nSPS) is 17.1. The quantitative estimate of drug-likeness (QED) is 0.904. The Balaban J connectivity index is 1.79. The van der Waals surface area contributed by atoms with Crippen LogP contribution in [0.25, 0.3) is 0 Å². The Morgan fingerprint density at radius 1 is 1.45 bits per heavy atom. The lowest BCUT2D eigenvalue weighted by Gasteiger charge is -2.32. The molecule has 2 rings (SSSR count). The molecule has 0 spiro atoms. The molecule has 1 aromatic rings. The Hall–Kier alpha value is -1.20. The fraction of sp³-hybridized carbons (Fsp3) is 0.643. The molecule has 1 fully saturated rings. The van der Waals surface area contributed by atoms with E-state index in [1.807, 2.05) is 0 Å². The van der Waals surface area contributed by atoms with E-state index in [9.17, 15) is 4.79 Å². The van der Waals surface area contributed by atoms with Crippen molar-refractivity contribution in [3.8, 4) is 0 Å². The number of hydrogen-bond donors (Lipinski definition) is 1. The van der Waals surface area contributed by atoms with Crippen molar-refractivity contribution in [2.24, 2.45) is 0 Å². The Morgan fingerprint density at radius 3 is 2.85 bits per heavy atom. The van der Waals surface area contributed by atoms with E-state index in [0.29, 0.717) is 0 Å². The van der Waals surface area contributed by atoms with Gasteiger partial charge in [0.1, 0.15) is 10.8 Å². The summed E-state index contributed by atoms with van der Waals surface area (Å²) in [6.07, 6.45) is 7.31. The summed E-state index contributed by atoms with van der Waals surface area (Å²) in [4.78, 5) is 22.4. The van der Waals surface area contributed by atoms with Gasteiger partial charge in [0.05, 0.1) is 12.4 Å². The number of hydrogen-bond acceptors (Lipinski definition) is 4. The molecule has 0 aliphatic carbocycles. The van der Waals surface area contributed by atoms with Crippen molar-refractivity contribution in [2.75, 3.05) is 19.6 Å². The SMILES string of the molecule is CCCCN1CCC(NC(=O)c2cncc(Cl)n2)CC1. The van der Waals surface area contributed by atoms with E-state index >= 15 is 0 Å². The van der Waals surface area contributed by atoms with Crippen LogP contribution in [0.1, 0.15) is 43.1 Å². The summed E-state index contributed by atoms with van der Waals surface area (Å²) in [6, 6.07) is 0.223. The van der Waals surface area contributed by atoms with Gasteiger partial charge in [0, 0.05) is 19.1 Å². The molecule has 1 amide bonds. The molecule has 0 atom stereocenters. The number of likely N-dealkylation sites (tertiary alicyclic amines) is 1. The third kappa shape index (κ3) is 4.42. The molecule has 110 valence electrons. The van der Waals surface area contributed by atoms with Gasteiger partial charge in [-0.15, -0.1) is 0 Å². The van der Waals surface area contributed by atoms with Gasteiger partial charge >= 0.3 is 0 Å². The average Bonchev–Trinajstić information content (AvgIpc) is 2.46. The zero-order chi connectivity index (χ0) is 14.4. The van der Waals surface area contributed by atoms with Crippen LogP contribution in [0.5, 0.6) is 0 Å². The number of halogens is 1. The molecule has 2 heterocycles. The number of nitrogens with one attached hydrogen (secondary N) is 1. The monoisotopic (exact) mass is 296 g/mol. The Kier molecular flexibility index (Phi) is 5.73. The van der Waals surface area contributed by atoms with Crippen LogP contribution in [0.3, 0.4) is 0 Å².